The summed E-state index contributed by atoms with van der Waals surface area (Å²) in [6.45, 7) is 13.9. The van der Waals surface area contributed by atoms with Crippen LogP contribution in [0.1, 0.15) is 92.9 Å². The number of fused-ring (bicyclic) bond motifs is 7. The second-order valence-electron chi connectivity index (χ2n) is 13.5. The number of methoxy groups -OCH3 is 1. The average molecular weight is 467 g/mol. The Morgan fingerprint density at radius 2 is 1.59 bits per heavy atom. The zero-order chi connectivity index (χ0) is 24.9. The van der Waals surface area contributed by atoms with Crippen molar-refractivity contribution in [3.05, 3.63) is 34.6 Å². The first-order valence-electron chi connectivity index (χ1n) is 13.2. The summed E-state index contributed by atoms with van der Waals surface area (Å²) in [5, 5.41) is 10.3. The molecule has 0 aromatic heterocycles. The van der Waals surface area contributed by atoms with Crippen LogP contribution in [0.4, 0.5) is 0 Å². The molecule has 1 unspecified atom stereocenters. The smallest absolute Gasteiger partial charge is 0.311 e. The molecule has 34 heavy (non-hydrogen) atoms. The maximum absolute atomic E-state index is 12.8. The Hall–Kier alpha value is -1.84. The molecule has 0 saturated heterocycles. The van der Waals surface area contributed by atoms with Crippen molar-refractivity contribution in [2.45, 2.75) is 92.9 Å². The number of carbonyl (C=O) groups excluding carboxylic acids is 2. The monoisotopic (exact) mass is 466 g/mol. The number of allylic oxidation sites excluding steroid dienone is 5. The van der Waals surface area contributed by atoms with E-state index in [1.165, 1.54) is 20.0 Å². The molecular formula is C30H42O4. The average Bonchev–Trinajstić information content (AvgIpc) is 2.80. The van der Waals surface area contributed by atoms with Gasteiger partial charge in [0.25, 0.3) is 0 Å². The van der Waals surface area contributed by atoms with E-state index in [-0.39, 0.29) is 39.2 Å². The molecule has 5 rings (SSSR count). The molecular weight excluding hydrogens is 424 g/mol. The van der Waals surface area contributed by atoms with Crippen LogP contribution in [0.15, 0.2) is 34.6 Å². The normalized spacial score (nSPS) is 48.0. The van der Waals surface area contributed by atoms with Crippen LogP contribution in [-0.2, 0) is 14.3 Å². The fraction of sp³-hybridized carbons (Fsp3) is 0.733. The minimum Gasteiger partial charge on any atom is -0.504 e. The molecule has 5 aliphatic rings. The summed E-state index contributed by atoms with van der Waals surface area (Å²) in [5.41, 5.74) is 2.97. The molecule has 3 saturated carbocycles. The van der Waals surface area contributed by atoms with E-state index in [0.717, 1.165) is 55.2 Å². The molecule has 186 valence electrons. The third kappa shape index (κ3) is 2.77. The zero-order valence-electron chi connectivity index (χ0n) is 22.1. The molecule has 0 radical (unpaired) electrons. The zero-order valence-corrected chi connectivity index (χ0v) is 22.1. The van der Waals surface area contributed by atoms with Gasteiger partial charge in [-0.1, -0.05) is 33.8 Å². The van der Waals surface area contributed by atoms with Crippen molar-refractivity contribution in [3.8, 4) is 0 Å². The Labute approximate surface area is 204 Å². The Bertz CT molecular complexity index is 1060. The summed E-state index contributed by atoms with van der Waals surface area (Å²) in [6.07, 6.45) is 12.4. The van der Waals surface area contributed by atoms with Crippen molar-refractivity contribution in [3.63, 3.8) is 0 Å². The highest BCUT2D eigenvalue weighted by Crippen LogP contribution is 2.76. The van der Waals surface area contributed by atoms with Gasteiger partial charge in [0.1, 0.15) is 0 Å². The Kier molecular flexibility index (Phi) is 4.99. The second-order valence-corrected chi connectivity index (χ2v) is 13.5. The van der Waals surface area contributed by atoms with Crippen molar-refractivity contribution < 1.29 is 19.4 Å². The van der Waals surface area contributed by atoms with Crippen molar-refractivity contribution >= 4 is 11.8 Å². The molecule has 4 heteroatoms. The number of hydrogen-bond donors (Lipinski definition) is 1. The van der Waals surface area contributed by atoms with Gasteiger partial charge in [-0.05, 0) is 116 Å². The summed E-state index contributed by atoms with van der Waals surface area (Å²) < 4.78 is 5.28. The molecule has 0 heterocycles. The number of aliphatic hydroxyl groups is 1. The van der Waals surface area contributed by atoms with E-state index in [0.29, 0.717) is 11.8 Å². The van der Waals surface area contributed by atoms with Gasteiger partial charge in [0.05, 0.1) is 12.5 Å². The molecule has 1 N–H and O–H groups in total. The minimum atomic E-state index is -0.404. The molecule has 0 aliphatic heterocycles. The number of carbonyl (C=O) groups is 2. The SMILES string of the molecule is COC(=O)[C@]1(C)CC[C@]2(C)CC[C@]3(C)C4CC=C5C(=CC(=O)C(O)=C5C)[C@]4(C)CC[C@@]3(C)[C@@H]2C1. The van der Waals surface area contributed by atoms with Crippen LogP contribution in [0.5, 0.6) is 0 Å². The highest BCUT2D eigenvalue weighted by Gasteiger charge is 2.68. The third-order valence-electron chi connectivity index (χ3n) is 12.1. The Balaban J connectivity index is 1.59. The van der Waals surface area contributed by atoms with Gasteiger partial charge in [0.2, 0.25) is 5.78 Å². The van der Waals surface area contributed by atoms with E-state index < -0.39 is 5.41 Å². The lowest BCUT2D eigenvalue weighted by molar-refractivity contribution is -0.218. The number of hydrogen-bond acceptors (Lipinski definition) is 4. The van der Waals surface area contributed by atoms with Gasteiger partial charge in [-0.2, -0.15) is 0 Å². The van der Waals surface area contributed by atoms with Crippen LogP contribution >= 0.6 is 0 Å². The standard InChI is InChI=1S/C30H42O4/c1-18-19-8-9-22-28(4,20(19)16-21(31)24(18)32)13-15-30(6)23-17-27(3,25(33)34-7)11-10-26(23,2)12-14-29(22,30)5/h8,16,22-23,32H,9-15,17H2,1-7H3/t22?,23-,26-,27-,28+,29-,30+/m1/s1. The highest BCUT2D eigenvalue weighted by atomic mass is 16.5. The van der Waals surface area contributed by atoms with Gasteiger partial charge in [0.15, 0.2) is 5.76 Å². The lowest BCUT2D eigenvalue weighted by Crippen LogP contribution is -2.64. The van der Waals surface area contributed by atoms with Crippen LogP contribution in [0.3, 0.4) is 0 Å². The van der Waals surface area contributed by atoms with Gasteiger partial charge in [-0.3, -0.25) is 9.59 Å². The Morgan fingerprint density at radius 1 is 0.971 bits per heavy atom. The first-order valence-corrected chi connectivity index (χ1v) is 13.2. The van der Waals surface area contributed by atoms with Crippen LogP contribution in [0.25, 0.3) is 0 Å². The molecule has 0 amide bonds. The Morgan fingerprint density at radius 3 is 2.26 bits per heavy atom. The molecule has 0 aromatic carbocycles. The van der Waals surface area contributed by atoms with Crippen molar-refractivity contribution in [1.29, 1.82) is 0 Å². The quantitative estimate of drug-likeness (QED) is 0.429. The van der Waals surface area contributed by atoms with Gasteiger partial charge in [-0.15, -0.1) is 0 Å². The summed E-state index contributed by atoms with van der Waals surface area (Å²) in [7, 11) is 1.53. The van der Waals surface area contributed by atoms with E-state index in [4.69, 9.17) is 4.74 Å². The van der Waals surface area contributed by atoms with E-state index in [9.17, 15) is 14.7 Å². The number of ketones is 1. The fourth-order valence-electron chi connectivity index (χ4n) is 9.52. The summed E-state index contributed by atoms with van der Waals surface area (Å²) in [4.78, 5) is 25.5. The number of ether oxygens (including phenoxy) is 1. The second kappa shape index (κ2) is 7.11. The lowest BCUT2D eigenvalue weighted by atomic mass is 9.32. The molecule has 0 aromatic rings. The predicted molar refractivity (Wildman–Crippen MR) is 133 cm³/mol. The lowest BCUT2D eigenvalue weighted by Gasteiger charge is -2.72. The highest BCUT2D eigenvalue weighted by molar-refractivity contribution is 6.06. The van der Waals surface area contributed by atoms with Crippen LogP contribution < -0.4 is 0 Å². The third-order valence-corrected chi connectivity index (χ3v) is 12.1. The van der Waals surface area contributed by atoms with Crippen LogP contribution in [0.2, 0.25) is 0 Å². The predicted octanol–water partition coefficient (Wildman–Crippen LogP) is 6.87. The van der Waals surface area contributed by atoms with Gasteiger partial charge < -0.3 is 9.84 Å². The topological polar surface area (TPSA) is 63.6 Å². The van der Waals surface area contributed by atoms with Crippen LogP contribution in [0, 0.1) is 38.9 Å². The minimum absolute atomic E-state index is 0.0516. The first-order chi connectivity index (χ1) is 15.8. The molecule has 0 spiro atoms. The molecule has 7 atom stereocenters. The molecule has 3 fully saturated rings. The van der Waals surface area contributed by atoms with E-state index in [1.807, 2.05) is 6.92 Å². The van der Waals surface area contributed by atoms with E-state index >= 15 is 0 Å². The molecule has 0 bridgehead atoms. The summed E-state index contributed by atoms with van der Waals surface area (Å²) in [5.74, 6) is 0.512. The van der Waals surface area contributed by atoms with E-state index in [1.54, 1.807) is 6.08 Å². The number of esters is 1. The molecule has 4 nitrogen and oxygen atoms in total. The van der Waals surface area contributed by atoms with Gasteiger partial charge in [-0.25, -0.2) is 0 Å². The number of aliphatic hydroxyl groups excluding tert-OH is 1. The van der Waals surface area contributed by atoms with Crippen molar-refractivity contribution in [1.82, 2.24) is 0 Å². The number of rotatable bonds is 1. The van der Waals surface area contributed by atoms with Crippen molar-refractivity contribution in [2.75, 3.05) is 7.11 Å². The maximum atomic E-state index is 12.8. The fourth-order valence-corrected chi connectivity index (χ4v) is 9.52. The summed E-state index contributed by atoms with van der Waals surface area (Å²) in [6, 6.07) is 0. The maximum Gasteiger partial charge on any atom is 0.311 e. The summed E-state index contributed by atoms with van der Waals surface area (Å²) >= 11 is 0. The van der Waals surface area contributed by atoms with E-state index in [2.05, 4.69) is 40.7 Å². The molecule has 5 aliphatic carbocycles. The first kappa shape index (κ1) is 23.9. The van der Waals surface area contributed by atoms with Crippen LogP contribution in [-0.4, -0.2) is 24.0 Å². The van der Waals surface area contributed by atoms with Gasteiger partial charge in [0, 0.05) is 5.57 Å². The largest absolute Gasteiger partial charge is 0.504 e. The van der Waals surface area contributed by atoms with Crippen molar-refractivity contribution in [2.24, 2.45) is 38.9 Å². The van der Waals surface area contributed by atoms with Gasteiger partial charge >= 0.3 is 5.97 Å².